The van der Waals surface area contributed by atoms with E-state index in [1.165, 1.54) is 18.3 Å². The lowest BCUT2D eigenvalue weighted by atomic mass is 10.1. The Kier molecular flexibility index (Phi) is 4.35. The van der Waals surface area contributed by atoms with E-state index in [1.807, 2.05) is 0 Å². The number of aromatic carboxylic acids is 1. The highest BCUT2D eigenvalue weighted by molar-refractivity contribution is 5.96. The summed E-state index contributed by atoms with van der Waals surface area (Å²) in [6.45, 7) is 5.29. The highest BCUT2D eigenvalue weighted by atomic mass is 19.4. The summed E-state index contributed by atoms with van der Waals surface area (Å²) in [5, 5.41) is 9.37. The predicted molar refractivity (Wildman–Crippen MR) is 76.4 cm³/mol. The van der Waals surface area contributed by atoms with Gasteiger partial charge in [-0.25, -0.2) is 4.79 Å². The Morgan fingerprint density at radius 2 is 2.04 bits per heavy atom. The van der Waals surface area contributed by atoms with Crippen LogP contribution in [0, 0.1) is 6.92 Å². The van der Waals surface area contributed by atoms with E-state index in [0.29, 0.717) is 5.69 Å². The van der Waals surface area contributed by atoms with E-state index in [2.05, 4.69) is 9.72 Å². The number of ether oxygens (including phenoxy) is 1. The summed E-state index contributed by atoms with van der Waals surface area (Å²) in [4.78, 5) is 15.4. The van der Waals surface area contributed by atoms with Crippen LogP contribution in [-0.4, -0.2) is 27.0 Å². The largest absolute Gasteiger partial charge is 0.573 e. The molecule has 0 saturated carbocycles. The Balaban J connectivity index is 2.74. The predicted octanol–water partition coefficient (Wildman–Crippen LogP) is 4.04. The fraction of sp³-hybridized carbons (Fsp3) is 0.333. The second kappa shape index (κ2) is 5.94. The zero-order valence-corrected chi connectivity index (χ0v) is 12.7. The van der Waals surface area contributed by atoms with Crippen molar-refractivity contribution >= 4 is 5.97 Å². The molecule has 0 saturated heterocycles. The molecular weight excluding hydrogens is 313 g/mol. The van der Waals surface area contributed by atoms with E-state index in [9.17, 15) is 23.1 Å². The number of nitrogens with zero attached hydrogens (tertiary/aromatic N) is 2. The van der Waals surface area contributed by atoms with Crippen molar-refractivity contribution in [3.8, 4) is 17.1 Å². The molecule has 8 heteroatoms. The van der Waals surface area contributed by atoms with Crippen LogP contribution in [0.25, 0.3) is 11.4 Å². The zero-order valence-electron chi connectivity index (χ0n) is 12.7. The van der Waals surface area contributed by atoms with Crippen LogP contribution in [0.5, 0.6) is 5.75 Å². The first-order valence-corrected chi connectivity index (χ1v) is 6.78. The van der Waals surface area contributed by atoms with E-state index < -0.39 is 18.1 Å². The van der Waals surface area contributed by atoms with E-state index in [1.54, 1.807) is 25.3 Å². The monoisotopic (exact) mass is 328 g/mol. The summed E-state index contributed by atoms with van der Waals surface area (Å²) in [5.74, 6) is -1.78. The second-order valence-electron chi connectivity index (χ2n) is 5.21. The van der Waals surface area contributed by atoms with Gasteiger partial charge in [-0.05, 0) is 39.0 Å². The van der Waals surface area contributed by atoms with Crippen molar-refractivity contribution in [2.24, 2.45) is 0 Å². The van der Waals surface area contributed by atoms with Gasteiger partial charge in [0.1, 0.15) is 5.69 Å². The maximum absolute atomic E-state index is 12.6. The molecule has 0 unspecified atom stereocenters. The van der Waals surface area contributed by atoms with Gasteiger partial charge in [-0.1, -0.05) is 0 Å². The van der Waals surface area contributed by atoms with E-state index >= 15 is 0 Å². The lowest BCUT2D eigenvalue weighted by molar-refractivity contribution is -0.274. The molecule has 0 aliphatic heterocycles. The van der Waals surface area contributed by atoms with Crippen molar-refractivity contribution in [1.29, 1.82) is 0 Å². The number of halogens is 3. The first-order valence-electron chi connectivity index (χ1n) is 6.78. The Hall–Kier alpha value is -2.51. The molecule has 0 aliphatic carbocycles. The summed E-state index contributed by atoms with van der Waals surface area (Å²) in [5.41, 5.74) is 0.409. The van der Waals surface area contributed by atoms with Gasteiger partial charge in [0.05, 0.1) is 11.3 Å². The first-order chi connectivity index (χ1) is 10.6. The molecule has 0 atom stereocenters. The minimum absolute atomic E-state index is 0.0878. The Morgan fingerprint density at radius 3 is 2.57 bits per heavy atom. The maximum Gasteiger partial charge on any atom is 0.573 e. The minimum Gasteiger partial charge on any atom is -0.478 e. The van der Waals surface area contributed by atoms with E-state index in [-0.39, 0.29) is 23.0 Å². The number of aryl methyl sites for hydroxylation is 1. The number of carbonyl (C=O) groups is 1. The van der Waals surface area contributed by atoms with Gasteiger partial charge in [-0.2, -0.15) is 0 Å². The Labute approximate surface area is 130 Å². The molecule has 0 spiro atoms. The summed E-state index contributed by atoms with van der Waals surface area (Å²) in [6.07, 6.45) is -3.61. The van der Waals surface area contributed by atoms with Crippen LogP contribution in [0.2, 0.25) is 0 Å². The molecule has 2 aromatic heterocycles. The van der Waals surface area contributed by atoms with Gasteiger partial charge in [-0.3, -0.25) is 4.98 Å². The first kappa shape index (κ1) is 16.9. The van der Waals surface area contributed by atoms with Crippen molar-refractivity contribution in [3.05, 3.63) is 35.7 Å². The normalized spacial score (nSPS) is 11.8. The molecule has 2 heterocycles. The highest BCUT2D eigenvalue weighted by Crippen LogP contribution is 2.36. The second-order valence-corrected chi connectivity index (χ2v) is 5.21. The van der Waals surface area contributed by atoms with Crippen LogP contribution in [0.1, 0.15) is 35.9 Å². The minimum atomic E-state index is -4.90. The van der Waals surface area contributed by atoms with Crippen LogP contribution in [0.4, 0.5) is 13.2 Å². The SMILES string of the molecule is Cc1cc(C(=O)O)c(-c2ncccc2OC(F)(F)F)n1C(C)C. The van der Waals surface area contributed by atoms with Crippen molar-refractivity contribution in [1.82, 2.24) is 9.55 Å². The van der Waals surface area contributed by atoms with Crippen molar-refractivity contribution in [2.45, 2.75) is 33.2 Å². The third-order valence-electron chi connectivity index (χ3n) is 3.20. The van der Waals surface area contributed by atoms with Gasteiger partial charge >= 0.3 is 12.3 Å². The third-order valence-corrected chi connectivity index (χ3v) is 3.20. The van der Waals surface area contributed by atoms with Crippen LogP contribution in [0.15, 0.2) is 24.4 Å². The number of rotatable bonds is 4. The van der Waals surface area contributed by atoms with Crippen molar-refractivity contribution in [3.63, 3.8) is 0 Å². The zero-order chi connectivity index (χ0) is 17.4. The Bertz CT molecular complexity index is 736. The van der Waals surface area contributed by atoms with E-state index in [0.717, 1.165) is 6.07 Å². The van der Waals surface area contributed by atoms with Crippen molar-refractivity contribution < 1.29 is 27.8 Å². The molecule has 1 N–H and O–H groups in total. The molecular formula is C15H15F3N2O3. The van der Waals surface area contributed by atoms with Gasteiger partial charge in [0, 0.05) is 17.9 Å². The van der Waals surface area contributed by atoms with E-state index in [4.69, 9.17) is 0 Å². The molecule has 23 heavy (non-hydrogen) atoms. The molecule has 124 valence electrons. The number of pyridine rings is 1. The number of carboxylic acids is 1. The lowest BCUT2D eigenvalue weighted by Crippen LogP contribution is -2.18. The van der Waals surface area contributed by atoms with Gasteiger partial charge in [0.25, 0.3) is 0 Å². The molecule has 2 aromatic rings. The van der Waals surface area contributed by atoms with Gasteiger partial charge in [-0.15, -0.1) is 13.2 Å². The standard InChI is InChI=1S/C15H15F3N2O3/c1-8(2)20-9(3)7-10(14(21)22)13(20)12-11(5-4-6-19-12)23-15(16,17)18/h4-8H,1-3H3,(H,21,22). The molecule has 0 aromatic carbocycles. The topological polar surface area (TPSA) is 64.3 Å². The van der Waals surface area contributed by atoms with Crippen LogP contribution < -0.4 is 4.74 Å². The molecule has 0 bridgehead atoms. The quantitative estimate of drug-likeness (QED) is 0.920. The number of hydrogen-bond donors (Lipinski definition) is 1. The van der Waals surface area contributed by atoms with Crippen LogP contribution in [-0.2, 0) is 0 Å². The molecule has 5 nitrogen and oxygen atoms in total. The van der Waals surface area contributed by atoms with Gasteiger partial charge < -0.3 is 14.4 Å². The molecule has 0 amide bonds. The van der Waals surface area contributed by atoms with Crippen LogP contribution in [0.3, 0.4) is 0 Å². The van der Waals surface area contributed by atoms with Crippen LogP contribution >= 0.6 is 0 Å². The summed E-state index contributed by atoms with van der Waals surface area (Å²) in [7, 11) is 0. The fourth-order valence-electron chi connectivity index (χ4n) is 2.50. The van der Waals surface area contributed by atoms with Gasteiger partial charge in [0.15, 0.2) is 5.75 Å². The van der Waals surface area contributed by atoms with Crippen molar-refractivity contribution in [2.75, 3.05) is 0 Å². The molecule has 0 aliphatic rings. The average Bonchev–Trinajstić information content (AvgIpc) is 2.75. The number of aromatic nitrogens is 2. The summed E-state index contributed by atoms with van der Waals surface area (Å²) in [6, 6.07) is 3.64. The number of carboxylic acid groups (broad SMARTS) is 1. The summed E-state index contributed by atoms with van der Waals surface area (Å²) >= 11 is 0. The summed E-state index contributed by atoms with van der Waals surface area (Å²) < 4.78 is 43.4. The van der Waals surface area contributed by atoms with Gasteiger partial charge in [0.2, 0.25) is 0 Å². The molecule has 0 radical (unpaired) electrons. The average molecular weight is 328 g/mol. The number of hydrogen-bond acceptors (Lipinski definition) is 3. The molecule has 2 rings (SSSR count). The number of alkyl halides is 3. The third kappa shape index (κ3) is 3.46. The lowest BCUT2D eigenvalue weighted by Gasteiger charge is -2.18. The Morgan fingerprint density at radius 1 is 1.39 bits per heavy atom. The highest BCUT2D eigenvalue weighted by Gasteiger charge is 2.34. The smallest absolute Gasteiger partial charge is 0.478 e. The molecule has 0 fully saturated rings. The maximum atomic E-state index is 12.6. The fourth-order valence-corrected chi connectivity index (χ4v) is 2.50.